The van der Waals surface area contributed by atoms with Crippen LogP contribution in [0.15, 0.2) is 43.0 Å². The van der Waals surface area contributed by atoms with Crippen LogP contribution in [0.3, 0.4) is 0 Å². The first-order chi connectivity index (χ1) is 10.1. The summed E-state index contributed by atoms with van der Waals surface area (Å²) >= 11 is 5.85. The highest BCUT2D eigenvalue weighted by Crippen LogP contribution is 2.16. The van der Waals surface area contributed by atoms with E-state index in [1.54, 1.807) is 6.20 Å². The smallest absolute Gasteiger partial charge is 0.119 e. The summed E-state index contributed by atoms with van der Waals surface area (Å²) in [5.41, 5.74) is -0.0748. The summed E-state index contributed by atoms with van der Waals surface area (Å²) in [7, 11) is 0. The lowest BCUT2D eigenvalue weighted by Crippen LogP contribution is -2.45. The third kappa shape index (κ3) is 8.47. The topological polar surface area (TPSA) is 39.1 Å². The van der Waals surface area contributed by atoms with Crippen molar-refractivity contribution < 1.29 is 4.74 Å². The Balaban J connectivity index is 0.00000242. The number of benzene rings is 1. The third-order valence-corrected chi connectivity index (χ3v) is 3.42. The maximum atomic E-state index is 5.85. The zero-order valence-corrected chi connectivity index (χ0v) is 15.8. The van der Waals surface area contributed by atoms with Gasteiger partial charge in [-0.2, -0.15) is 0 Å². The molecule has 0 fully saturated rings. The molecule has 1 aromatic carbocycles. The van der Waals surface area contributed by atoms with Gasteiger partial charge in [0.05, 0.1) is 6.33 Å². The average molecular weight is 381 g/mol. The van der Waals surface area contributed by atoms with Gasteiger partial charge in [0.15, 0.2) is 0 Å². The molecule has 2 rings (SSSR count). The molecule has 0 aliphatic heterocycles. The zero-order chi connectivity index (χ0) is 15.1. The highest BCUT2D eigenvalue weighted by Gasteiger charge is 2.17. The second kappa shape index (κ2) is 10.8. The summed E-state index contributed by atoms with van der Waals surface area (Å²) in [6.07, 6.45) is 6.68. The number of rotatable bonds is 8. The Morgan fingerprint density at radius 3 is 2.52 bits per heavy atom. The molecule has 4 nitrogen and oxygen atoms in total. The van der Waals surface area contributed by atoms with Gasteiger partial charge in [0.2, 0.25) is 0 Å². The number of nitrogens with one attached hydrogen (secondary N) is 1. The first-order valence-corrected chi connectivity index (χ1v) is 7.52. The first kappa shape index (κ1) is 22.1. The number of hydrogen-bond acceptors (Lipinski definition) is 3. The fourth-order valence-electron chi connectivity index (χ4n) is 1.95. The monoisotopic (exact) mass is 379 g/mol. The number of hydrogen-bond donors (Lipinski definition) is 1. The summed E-state index contributed by atoms with van der Waals surface area (Å²) in [4.78, 5) is 4.03. The average Bonchev–Trinajstić information content (AvgIpc) is 2.96. The quantitative estimate of drug-likeness (QED) is 0.697. The number of ether oxygens (including phenoxy) is 1. The molecule has 1 N–H and O–H groups in total. The molecule has 0 bridgehead atoms. The van der Waals surface area contributed by atoms with Crippen molar-refractivity contribution in [3.63, 3.8) is 0 Å². The van der Waals surface area contributed by atoms with Gasteiger partial charge in [-0.1, -0.05) is 11.6 Å². The standard InChI is InChI=1S/C16H22ClN3O.2ClH/c1-16(2,12-21-15-6-4-14(17)5-7-15)19-8-3-10-20-11-9-18-13-20;;/h4-7,9,11,13,19H,3,8,10,12H2,1-2H3;2*1H. The molecule has 1 heterocycles. The molecule has 0 saturated carbocycles. The molecule has 23 heavy (non-hydrogen) atoms. The molecule has 0 radical (unpaired) electrons. The molecule has 7 heteroatoms. The number of aromatic nitrogens is 2. The molecule has 0 aliphatic rings. The molecule has 130 valence electrons. The second-order valence-electron chi connectivity index (χ2n) is 5.71. The molecular formula is C16H24Cl3N3O. The molecule has 0 atom stereocenters. The van der Waals surface area contributed by atoms with Crippen LogP contribution >= 0.6 is 36.4 Å². The van der Waals surface area contributed by atoms with Gasteiger partial charge in [0, 0.05) is 29.5 Å². The predicted molar refractivity (Wildman–Crippen MR) is 100 cm³/mol. The molecule has 0 amide bonds. The van der Waals surface area contributed by atoms with Crippen molar-refractivity contribution in [3.05, 3.63) is 48.0 Å². The molecular weight excluding hydrogens is 357 g/mol. The lowest BCUT2D eigenvalue weighted by molar-refractivity contribution is 0.207. The Labute approximate surface area is 155 Å². The van der Waals surface area contributed by atoms with Crippen LogP contribution in [0.1, 0.15) is 20.3 Å². The van der Waals surface area contributed by atoms with Crippen molar-refractivity contribution in [3.8, 4) is 5.75 Å². The predicted octanol–water partition coefficient (Wildman–Crippen LogP) is 4.22. The van der Waals surface area contributed by atoms with E-state index in [1.807, 2.05) is 36.8 Å². The largest absolute Gasteiger partial charge is 0.492 e. The summed E-state index contributed by atoms with van der Waals surface area (Å²) in [6.45, 7) is 6.80. The fraction of sp³-hybridized carbons (Fsp3) is 0.438. The molecule has 0 unspecified atom stereocenters. The maximum Gasteiger partial charge on any atom is 0.119 e. The lowest BCUT2D eigenvalue weighted by Gasteiger charge is -2.26. The van der Waals surface area contributed by atoms with Gasteiger partial charge in [-0.05, 0) is 51.1 Å². The van der Waals surface area contributed by atoms with Crippen molar-refractivity contribution in [1.82, 2.24) is 14.9 Å². The minimum absolute atomic E-state index is 0. The van der Waals surface area contributed by atoms with E-state index in [0.717, 1.165) is 30.3 Å². The van der Waals surface area contributed by atoms with Gasteiger partial charge < -0.3 is 14.6 Å². The third-order valence-electron chi connectivity index (χ3n) is 3.17. The van der Waals surface area contributed by atoms with E-state index < -0.39 is 0 Å². The highest BCUT2D eigenvalue weighted by atomic mass is 35.5. The minimum atomic E-state index is -0.0748. The van der Waals surface area contributed by atoms with Gasteiger partial charge in [-0.15, -0.1) is 24.8 Å². The van der Waals surface area contributed by atoms with Crippen molar-refractivity contribution >= 4 is 36.4 Å². The van der Waals surface area contributed by atoms with Gasteiger partial charge in [-0.3, -0.25) is 0 Å². The van der Waals surface area contributed by atoms with E-state index in [9.17, 15) is 0 Å². The van der Waals surface area contributed by atoms with E-state index in [4.69, 9.17) is 16.3 Å². The second-order valence-corrected chi connectivity index (χ2v) is 6.14. The number of halogens is 3. The minimum Gasteiger partial charge on any atom is -0.492 e. The Morgan fingerprint density at radius 2 is 1.91 bits per heavy atom. The van der Waals surface area contributed by atoms with Crippen molar-refractivity contribution in [2.24, 2.45) is 0 Å². The Morgan fingerprint density at radius 1 is 1.22 bits per heavy atom. The van der Waals surface area contributed by atoms with Crippen LogP contribution in [-0.2, 0) is 6.54 Å². The normalized spacial score (nSPS) is 10.6. The van der Waals surface area contributed by atoms with E-state index in [0.29, 0.717) is 6.61 Å². The van der Waals surface area contributed by atoms with E-state index in [1.165, 1.54) is 0 Å². The molecule has 2 aromatic rings. The first-order valence-electron chi connectivity index (χ1n) is 7.14. The summed E-state index contributed by atoms with van der Waals surface area (Å²) in [5, 5.41) is 4.24. The molecule has 1 aromatic heterocycles. The van der Waals surface area contributed by atoms with Crippen LogP contribution in [0.25, 0.3) is 0 Å². The van der Waals surface area contributed by atoms with Crippen LogP contribution < -0.4 is 10.1 Å². The SMILES string of the molecule is CC(C)(COc1ccc(Cl)cc1)NCCCn1ccnc1.Cl.Cl. The Bertz CT molecular complexity index is 530. The van der Waals surface area contributed by atoms with Gasteiger partial charge in [-0.25, -0.2) is 4.98 Å². The number of nitrogens with zero attached hydrogens (tertiary/aromatic N) is 2. The van der Waals surface area contributed by atoms with Crippen molar-refractivity contribution in [1.29, 1.82) is 0 Å². The molecule has 0 spiro atoms. The van der Waals surface area contributed by atoms with Crippen LogP contribution in [0, 0.1) is 0 Å². The van der Waals surface area contributed by atoms with E-state index >= 15 is 0 Å². The fourth-order valence-corrected chi connectivity index (χ4v) is 2.08. The van der Waals surface area contributed by atoms with Gasteiger partial charge in [0.25, 0.3) is 0 Å². The maximum absolute atomic E-state index is 5.85. The highest BCUT2D eigenvalue weighted by molar-refractivity contribution is 6.30. The zero-order valence-electron chi connectivity index (χ0n) is 13.4. The van der Waals surface area contributed by atoms with Crippen LogP contribution in [0.5, 0.6) is 5.75 Å². The van der Waals surface area contributed by atoms with E-state index in [-0.39, 0.29) is 30.4 Å². The molecule has 0 aliphatic carbocycles. The van der Waals surface area contributed by atoms with Crippen LogP contribution in [0.2, 0.25) is 5.02 Å². The summed E-state index contributed by atoms with van der Waals surface area (Å²) in [5.74, 6) is 0.840. The van der Waals surface area contributed by atoms with Crippen LogP contribution in [0.4, 0.5) is 0 Å². The Kier molecular flexibility index (Phi) is 10.3. The summed E-state index contributed by atoms with van der Waals surface area (Å²) < 4.78 is 7.87. The van der Waals surface area contributed by atoms with Crippen molar-refractivity contribution in [2.45, 2.75) is 32.4 Å². The molecule has 0 saturated heterocycles. The number of aryl methyl sites for hydroxylation is 1. The Hall–Kier alpha value is -0.940. The van der Waals surface area contributed by atoms with Crippen molar-refractivity contribution in [2.75, 3.05) is 13.2 Å². The van der Waals surface area contributed by atoms with E-state index in [2.05, 4.69) is 28.7 Å². The van der Waals surface area contributed by atoms with Crippen LogP contribution in [-0.4, -0.2) is 28.2 Å². The van der Waals surface area contributed by atoms with Gasteiger partial charge >= 0.3 is 0 Å². The van der Waals surface area contributed by atoms with Gasteiger partial charge in [0.1, 0.15) is 12.4 Å². The summed E-state index contributed by atoms with van der Waals surface area (Å²) in [6, 6.07) is 7.44. The number of imidazole rings is 1. The lowest BCUT2D eigenvalue weighted by atomic mass is 10.1.